The minimum absolute atomic E-state index is 0.0372. The van der Waals surface area contributed by atoms with Gasteiger partial charge in [-0.15, -0.1) is 0 Å². The number of nitrogens with one attached hydrogen (secondary N) is 2. The Morgan fingerprint density at radius 2 is 1.45 bits per heavy atom. The minimum Gasteiger partial charge on any atom is -0.475 e. The number of nitrogen functional groups attached to an aromatic ring is 1. The average molecular weight is 432 g/mol. The highest BCUT2D eigenvalue weighted by Gasteiger charge is 2.38. The first-order valence-electron chi connectivity index (χ1n) is 8.80. The number of hydrogen-bond acceptors (Lipinski definition) is 4. The van der Waals surface area contributed by atoms with Gasteiger partial charge in [0.25, 0.3) is 5.91 Å². The van der Waals surface area contributed by atoms with Crippen LogP contribution >= 0.6 is 0 Å². The molecule has 0 saturated carbocycles. The lowest BCUT2D eigenvalue weighted by Gasteiger charge is -2.08. The Labute approximate surface area is 175 Å². The van der Waals surface area contributed by atoms with Crippen molar-refractivity contribution in [2.24, 2.45) is 11.5 Å². The molecule has 0 saturated heterocycles. The second-order valence-corrected chi connectivity index (χ2v) is 6.35. The van der Waals surface area contributed by atoms with Crippen LogP contribution in [0.2, 0.25) is 0 Å². The number of carbonyl (C=O) groups is 2. The molecule has 0 aliphatic carbocycles. The maximum atomic E-state index is 12.3. The maximum Gasteiger partial charge on any atom is 0.490 e. The first-order valence-corrected chi connectivity index (χ1v) is 8.80. The number of fused-ring (bicyclic) bond motifs is 1. The van der Waals surface area contributed by atoms with Gasteiger partial charge >= 0.3 is 12.1 Å². The number of benzene rings is 3. The van der Waals surface area contributed by atoms with Crippen LogP contribution in [-0.4, -0.2) is 29.0 Å². The van der Waals surface area contributed by atoms with Crippen LogP contribution in [0.3, 0.4) is 0 Å². The summed E-state index contributed by atoms with van der Waals surface area (Å²) in [6.45, 7) is 0.453. The molecule has 0 aromatic heterocycles. The van der Waals surface area contributed by atoms with Gasteiger partial charge in [-0.2, -0.15) is 13.2 Å². The van der Waals surface area contributed by atoms with Gasteiger partial charge < -0.3 is 21.9 Å². The molecule has 3 aromatic carbocycles. The summed E-state index contributed by atoms with van der Waals surface area (Å²) in [5, 5.41) is 19.4. The van der Waals surface area contributed by atoms with E-state index in [-0.39, 0.29) is 11.7 Å². The first-order chi connectivity index (χ1) is 14.5. The summed E-state index contributed by atoms with van der Waals surface area (Å²) in [5.74, 6) is -2.89. The molecule has 7 N–H and O–H groups in total. The molecule has 3 rings (SSSR count). The van der Waals surface area contributed by atoms with Crippen LogP contribution in [0, 0.1) is 5.41 Å². The molecule has 0 bridgehead atoms. The van der Waals surface area contributed by atoms with E-state index >= 15 is 0 Å². The molecular formula is C21H19F3N4O3. The summed E-state index contributed by atoms with van der Waals surface area (Å²) in [6, 6.07) is 18.4. The van der Waals surface area contributed by atoms with Gasteiger partial charge in [0.2, 0.25) is 0 Å². The molecule has 162 valence electrons. The first kappa shape index (κ1) is 23.4. The summed E-state index contributed by atoms with van der Waals surface area (Å²) in [6.07, 6.45) is -5.08. The van der Waals surface area contributed by atoms with E-state index in [1.807, 2.05) is 42.5 Å². The highest BCUT2D eigenvalue weighted by atomic mass is 19.4. The van der Waals surface area contributed by atoms with Gasteiger partial charge in [0.15, 0.2) is 0 Å². The molecule has 0 aliphatic heterocycles. The second-order valence-electron chi connectivity index (χ2n) is 6.35. The number of carbonyl (C=O) groups excluding carboxylic acids is 1. The van der Waals surface area contributed by atoms with Crippen LogP contribution in [-0.2, 0) is 11.3 Å². The van der Waals surface area contributed by atoms with Crippen LogP contribution < -0.4 is 16.8 Å². The zero-order chi connectivity index (χ0) is 23.2. The number of carboxylic acids is 1. The number of halogens is 3. The minimum atomic E-state index is -5.08. The van der Waals surface area contributed by atoms with Crippen molar-refractivity contribution in [3.63, 3.8) is 0 Å². The number of nitrogens with two attached hydrogens (primary N) is 2. The molecule has 31 heavy (non-hydrogen) atoms. The molecule has 0 atom stereocenters. The lowest BCUT2D eigenvalue weighted by atomic mass is 10.1. The van der Waals surface area contributed by atoms with E-state index in [1.165, 1.54) is 0 Å². The van der Waals surface area contributed by atoms with Gasteiger partial charge in [0.05, 0.1) is 0 Å². The van der Waals surface area contributed by atoms with Crippen molar-refractivity contribution in [2.75, 3.05) is 5.32 Å². The maximum absolute atomic E-state index is 12.3. The Kier molecular flexibility index (Phi) is 7.33. The number of alkyl halides is 3. The van der Waals surface area contributed by atoms with E-state index in [4.69, 9.17) is 26.8 Å². The monoisotopic (exact) mass is 432 g/mol. The molecule has 1 amide bonds. The van der Waals surface area contributed by atoms with E-state index in [1.54, 1.807) is 18.2 Å². The quantitative estimate of drug-likeness (QED) is 0.317. The summed E-state index contributed by atoms with van der Waals surface area (Å²) in [5.41, 5.74) is 14.0. The Morgan fingerprint density at radius 3 is 1.97 bits per heavy atom. The Bertz CT molecular complexity index is 1110. The van der Waals surface area contributed by atoms with Gasteiger partial charge in [0.1, 0.15) is 5.84 Å². The summed E-state index contributed by atoms with van der Waals surface area (Å²) >= 11 is 0. The van der Waals surface area contributed by atoms with E-state index in [0.717, 1.165) is 16.3 Å². The number of amides is 1. The van der Waals surface area contributed by atoms with Crippen molar-refractivity contribution >= 4 is 34.2 Å². The fraction of sp³-hybridized carbons (Fsp3) is 0.0952. The SMILES string of the molecule is N=C(N)c1ccc2cc(NC(=O)c3ccc(CN)cc3)ccc2c1.O=C(O)C(F)(F)F. The predicted molar refractivity (Wildman–Crippen MR) is 111 cm³/mol. The summed E-state index contributed by atoms with van der Waals surface area (Å²) < 4.78 is 31.7. The molecule has 0 unspecified atom stereocenters. The van der Waals surface area contributed by atoms with Gasteiger partial charge in [-0.05, 0) is 46.7 Å². The molecule has 0 spiro atoms. The van der Waals surface area contributed by atoms with Crippen LogP contribution in [0.4, 0.5) is 18.9 Å². The Balaban J connectivity index is 0.000000423. The lowest BCUT2D eigenvalue weighted by molar-refractivity contribution is -0.192. The number of carboxylic acid groups (broad SMARTS) is 1. The fourth-order valence-corrected chi connectivity index (χ4v) is 2.49. The van der Waals surface area contributed by atoms with Gasteiger partial charge in [-0.3, -0.25) is 10.2 Å². The van der Waals surface area contributed by atoms with Crippen molar-refractivity contribution in [1.82, 2.24) is 0 Å². The zero-order valence-electron chi connectivity index (χ0n) is 16.0. The largest absolute Gasteiger partial charge is 0.490 e. The summed E-state index contributed by atoms with van der Waals surface area (Å²) in [4.78, 5) is 21.2. The highest BCUT2D eigenvalue weighted by molar-refractivity contribution is 6.05. The van der Waals surface area contributed by atoms with E-state index < -0.39 is 12.1 Å². The number of aliphatic carboxylic acids is 1. The lowest BCUT2D eigenvalue weighted by Crippen LogP contribution is -2.21. The Morgan fingerprint density at radius 1 is 0.935 bits per heavy atom. The van der Waals surface area contributed by atoms with Crippen molar-refractivity contribution in [3.8, 4) is 0 Å². The predicted octanol–water partition coefficient (Wildman–Crippen LogP) is 3.47. The van der Waals surface area contributed by atoms with Crippen molar-refractivity contribution < 1.29 is 27.9 Å². The smallest absolute Gasteiger partial charge is 0.475 e. The average Bonchev–Trinajstić information content (AvgIpc) is 2.73. The van der Waals surface area contributed by atoms with Gasteiger partial charge in [0, 0.05) is 23.4 Å². The Hall–Kier alpha value is -3.92. The third-order valence-corrected chi connectivity index (χ3v) is 4.10. The summed E-state index contributed by atoms with van der Waals surface area (Å²) in [7, 11) is 0. The van der Waals surface area contributed by atoms with Crippen molar-refractivity contribution in [3.05, 3.63) is 77.4 Å². The van der Waals surface area contributed by atoms with E-state index in [2.05, 4.69) is 5.32 Å². The second kappa shape index (κ2) is 9.72. The van der Waals surface area contributed by atoms with E-state index in [0.29, 0.717) is 23.4 Å². The van der Waals surface area contributed by atoms with Crippen LogP contribution in [0.5, 0.6) is 0 Å². The van der Waals surface area contributed by atoms with Gasteiger partial charge in [-0.1, -0.05) is 30.3 Å². The topological polar surface area (TPSA) is 142 Å². The molecule has 10 heteroatoms. The number of hydrogen-bond donors (Lipinski definition) is 5. The van der Waals surface area contributed by atoms with Crippen LogP contribution in [0.25, 0.3) is 10.8 Å². The van der Waals surface area contributed by atoms with Gasteiger partial charge in [-0.25, -0.2) is 4.79 Å². The number of rotatable bonds is 4. The van der Waals surface area contributed by atoms with Crippen molar-refractivity contribution in [1.29, 1.82) is 5.41 Å². The highest BCUT2D eigenvalue weighted by Crippen LogP contribution is 2.21. The zero-order valence-corrected chi connectivity index (χ0v) is 16.0. The fourth-order valence-electron chi connectivity index (χ4n) is 2.49. The molecule has 0 radical (unpaired) electrons. The molecule has 7 nitrogen and oxygen atoms in total. The third-order valence-electron chi connectivity index (χ3n) is 4.10. The number of anilines is 1. The molecule has 0 heterocycles. The third kappa shape index (κ3) is 6.54. The van der Waals surface area contributed by atoms with E-state index in [9.17, 15) is 18.0 Å². The number of amidine groups is 1. The molecular weight excluding hydrogens is 413 g/mol. The van der Waals surface area contributed by atoms with Crippen LogP contribution in [0.15, 0.2) is 60.7 Å². The molecule has 0 aliphatic rings. The molecule has 0 fully saturated rings. The molecule has 3 aromatic rings. The van der Waals surface area contributed by atoms with Crippen LogP contribution in [0.1, 0.15) is 21.5 Å². The van der Waals surface area contributed by atoms with Crippen molar-refractivity contribution in [2.45, 2.75) is 12.7 Å². The standard InChI is InChI=1S/C19H18N4O.C2HF3O2/c20-11-12-1-3-13(4-2-12)19(24)23-17-8-7-14-9-16(18(21)22)6-5-15(14)10-17;3-2(4,5)1(6)7/h1-10H,11,20H2,(H3,21,22)(H,23,24);(H,6,7). The normalized spacial score (nSPS) is 10.7.